The number of hydrogen-bond acceptors (Lipinski definition) is 3. The molecular formula is C64H43N7. The molecule has 1 aliphatic carbocycles. The van der Waals surface area contributed by atoms with E-state index in [1.165, 1.54) is 21.7 Å². The Balaban J connectivity index is 1.10. The fraction of sp³-hybridized carbons (Fsp3) is 0.0469. The van der Waals surface area contributed by atoms with Crippen molar-refractivity contribution in [2.75, 3.05) is 0 Å². The third kappa shape index (κ3) is 5.81. The third-order valence-corrected chi connectivity index (χ3v) is 14.9. The maximum absolute atomic E-state index is 5.75. The van der Waals surface area contributed by atoms with E-state index in [1.807, 2.05) is 0 Å². The number of allylic oxidation sites excluding steroid dienone is 4. The zero-order chi connectivity index (χ0) is 46.7. The van der Waals surface area contributed by atoms with Crippen LogP contribution < -0.4 is 0 Å². The average molecular weight is 910 g/mol. The van der Waals surface area contributed by atoms with Crippen LogP contribution in [0.15, 0.2) is 231 Å². The van der Waals surface area contributed by atoms with Crippen molar-refractivity contribution in [3.05, 3.63) is 231 Å². The molecule has 15 rings (SSSR count). The Bertz CT molecular complexity index is 4530. The van der Waals surface area contributed by atoms with Gasteiger partial charge in [0.2, 0.25) is 11.9 Å². The first-order valence-corrected chi connectivity index (χ1v) is 24.4. The zero-order valence-corrected chi connectivity index (χ0v) is 38.7. The molecule has 7 heteroatoms. The van der Waals surface area contributed by atoms with Crippen molar-refractivity contribution in [1.82, 2.24) is 33.2 Å². The number of fused-ring (bicyclic) bond motifs is 14. The standard InChI is InChI=1S/C64H43N7/c1-40-18-8-13-27-53(40)69-55-29-15-10-24-46(55)50-37-39-52-48-26-12-17-31-57(48)71(61(52)59(50)69)64-66-62(43-34-32-42(33-35-43)41-19-4-2-5-20-41)65-63(67-64)70-56-30-16-11-25-47(56)51-38-36-49-45-23-9-14-28-54(45)68(58(49)60(51)70)44-21-6-3-7-22-44/h2-40,53H,1H3. The molecule has 0 saturated carbocycles. The van der Waals surface area contributed by atoms with E-state index in [9.17, 15) is 0 Å². The van der Waals surface area contributed by atoms with E-state index in [0.717, 1.165) is 87.9 Å². The van der Waals surface area contributed by atoms with Gasteiger partial charge in [-0.1, -0.05) is 201 Å². The predicted octanol–water partition coefficient (Wildman–Crippen LogP) is 15.9. The highest BCUT2D eigenvalue weighted by molar-refractivity contribution is 6.25. The summed E-state index contributed by atoms with van der Waals surface area (Å²) < 4.78 is 9.57. The minimum Gasteiger partial charge on any atom is -0.331 e. The minimum absolute atomic E-state index is 0.0865. The molecule has 0 aliphatic heterocycles. The summed E-state index contributed by atoms with van der Waals surface area (Å²) in [7, 11) is 0. The molecule has 9 aromatic carbocycles. The number of rotatable bonds is 6. The van der Waals surface area contributed by atoms with E-state index in [1.54, 1.807) is 0 Å². The van der Waals surface area contributed by atoms with E-state index in [2.05, 4.69) is 256 Å². The molecule has 0 fully saturated rings. The van der Waals surface area contributed by atoms with Gasteiger partial charge in [-0.2, -0.15) is 15.0 Å². The number of hydrogen-bond donors (Lipinski definition) is 0. The lowest BCUT2D eigenvalue weighted by molar-refractivity contribution is 0.510. The second-order valence-electron chi connectivity index (χ2n) is 18.8. The SMILES string of the molecule is CC1C=CC=CC1n1c2ccccc2c2ccc3c4ccccc4n(-c4nc(-c5ccc(-c6ccccc6)cc5)nc(-n5c6ccccc6c6ccc7c8ccccc8n(-c8ccccc8)c7c65)n4)c3c21. The van der Waals surface area contributed by atoms with Crippen LogP contribution in [0.1, 0.15) is 13.0 Å². The van der Waals surface area contributed by atoms with Crippen LogP contribution in [-0.4, -0.2) is 33.2 Å². The summed E-state index contributed by atoms with van der Waals surface area (Å²) in [6.07, 6.45) is 9.02. The Morgan fingerprint density at radius 2 is 0.732 bits per heavy atom. The minimum atomic E-state index is 0.0865. The highest BCUT2D eigenvalue weighted by Gasteiger charge is 2.28. The quantitative estimate of drug-likeness (QED) is 0.167. The number of para-hydroxylation sites is 5. The van der Waals surface area contributed by atoms with Crippen molar-refractivity contribution in [2.45, 2.75) is 13.0 Å². The monoisotopic (exact) mass is 909 g/mol. The summed E-state index contributed by atoms with van der Waals surface area (Å²) in [5.74, 6) is 1.92. The van der Waals surface area contributed by atoms with Crippen LogP contribution in [0.25, 0.3) is 127 Å². The van der Waals surface area contributed by atoms with Crippen molar-refractivity contribution in [2.24, 2.45) is 5.92 Å². The van der Waals surface area contributed by atoms with Crippen LogP contribution in [0.3, 0.4) is 0 Å². The Hall–Kier alpha value is -9.33. The van der Waals surface area contributed by atoms with Gasteiger partial charge in [0.15, 0.2) is 5.82 Å². The van der Waals surface area contributed by atoms with Gasteiger partial charge in [0.05, 0.1) is 44.7 Å². The summed E-state index contributed by atoms with van der Waals surface area (Å²) in [6, 6.07) is 74.0. The fourth-order valence-electron chi connectivity index (χ4n) is 11.8. The fourth-order valence-corrected chi connectivity index (χ4v) is 11.8. The van der Waals surface area contributed by atoms with Crippen LogP contribution >= 0.6 is 0 Å². The van der Waals surface area contributed by atoms with Crippen molar-refractivity contribution in [3.63, 3.8) is 0 Å². The molecule has 5 aromatic heterocycles. The first-order valence-electron chi connectivity index (χ1n) is 24.4. The number of aromatic nitrogens is 7. The maximum atomic E-state index is 5.75. The van der Waals surface area contributed by atoms with E-state index in [4.69, 9.17) is 15.0 Å². The zero-order valence-electron chi connectivity index (χ0n) is 38.7. The molecule has 0 radical (unpaired) electrons. The first kappa shape index (κ1) is 39.6. The van der Waals surface area contributed by atoms with Crippen LogP contribution in [-0.2, 0) is 0 Å². The lowest BCUT2D eigenvalue weighted by Gasteiger charge is -2.25. The highest BCUT2D eigenvalue weighted by Crippen LogP contribution is 2.45. The topological polar surface area (TPSA) is 58.4 Å². The lowest BCUT2D eigenvalue weighted by Crippen LogP contribution is -2.16. The summed E-state index contributed by atoms with van der Waals surface area (Å²) >= 11 is 0. The van der Waals surface area contributed by atoms with E-state index in [-0.39, 0.29) is 12.0 Å². The number of nitrogens with zero attached hydrogens (tertiary/aromatic N) is 7. The molecule has 0 amide bonds. The highest BCUT2D eigenvalue weighted by atomic mass is 15.3. The largest absolute Gasteiger partial charge is 0.331 e. The van der Waals surface area contributed by atoms with E-state index < -0.39 is 0 Å². The summed E-state index contributed by atoms with van der Waals surface area (Å²) in [6.45, 7) is 2.31. The van der Waals surface area contributed by atoms with Crippen molar-refractivity contribution in [1.29, 1.82) is 0 Å². The summed E-state index contributed by atoms with van der Waals surface area (Å²) in [4.78, 5) is 16.9. The lowest BCUT2D eigenvalue weighted by atomic mass is 9.96. The molecule has 0 N–H and O–H groups in total. The van der Waals surface area contributed by atoms with Crippen LogP contribution in [0, 0.1) is 5.92 Å². The Morgan fingerprint density at radius 3 is 1.30 bits per heavy atom. The van der Waals surface area contributed by atoms with Gasteiger partial charge in [0.25, 0.3) is 0 Å². The van der Waals surface area contributed by atoms with E-state index in [0.29, 0.717) is 17.7 Å². The molecule has 14 aromatic rings. The summed E-state index contributed by atoms with van der Waals surface area (Å²) in [5, 5.41) is 9.27. The second kappa shape index (κ2) is 15.3. The average Bonchev–Trinajstić information content (AvgIpc) is 4.17. The predicted molar refractivity (Wildman–Crippen MR) is 293 cm³/mol. The molecule has 71 heavy (non-hydrogen) atoms. The molecular weight excluding hydrogens is 867 g/mol. The van der Waals surface area contributed by atoms with Gasteiger partial charge in [-0.25, -0.2) is 0 Å². The second-order valence-corrected chi connectivity index (χ2v) is 18.8. The third-order valence-electron chi connectivity index (χ3n) is 14.9. The molecule has 0 saturated heterocycles. The molecule has 7 nitrogen and oxygen atoms in total. The van der Waals surface area contributed by atoms with Gasteiger partial charge in [-0.05, 0) is 53.4 Å². The van der Waals surface area contributed by atoms with Crippen molar-refractivity contribution >= 4 is 87.2 Å². The molecule has 2 atom stereocenters. The Kier molecular flexibility index (Phi) is 8.56. The molecule has 0 bridgehead atoms. The number of benzene rings is 9. The van der Waals surface area contributed by atoms with Gasteiger partial charge >= 0.3 is 0 Å². The summed E-state index contributed by atoms with van der Waals surface area (Å²) in [5.41, 5.74) is 13.0. The van der Waals surface area contributed by atoms with Crippen LogP contribution in [0.4, 0.5) is 0 Å². The van der Waals surface area contributed by atoms with Crippen molar-refractivity contribution in [3.8, 4) is 40.1 Å². The molecule has 1 aliphatic rings. The Labute approximate surface area is 408 Å². The van der Waals surface area contributed by atoms with Gasteiger partial charge < -0.3 is 9.13 Å². The smallest absolute Gasteiger partial charge is 0.240 e. The van der Waals surface area contributed by atoms with Gasteiger partial charge in [0.1, 0.15) is 0 Å². The van der Waals surface area contributed by atoms with Crippen LogP contribution in [0.5, 0.6) is 0 Å². The van der Waals surface area contributed by atoms with Gasteiger partial charge in [-0.3, -0.25) is 9.13 Å². The normalized spacial score (nSPS) is 15.0. The molecule has 2 unspecified atom stereocenters. The molecule has 0 spiro atoms. The van der Waals surface area contributed by atoms with Gasteiger partial charge in [0, 0.05) is 59.9 Å². The maximum Gasteiger partial charge on any atom is 0.240 e. The Morgan fingerprint density at radius 1 is 0.324 bits per heavy atom. The first-order chi connectivity index (χ1) is 35.2. The van der Waals surface area contributed by atoms with Crippen molar-refractivity contribution < 1.29 is 0 Å². The molecule has 334 valence electrons. The van der Waals surface area contributed by atoms with E-state index >= 15 is 0 Å². The van der Waals surface area contributed by atoms with Crippen LogP contribution in [0.2, 0.25) is 0 Å². The molecule has 5 heterocycles. The van der Waals surface area contributed by atoms with Gasteiger partial charge in [-0.15, -0.1) is 0 Å².